The summed E-state index contributed by atoms with van der Waals surface area (Å²) in [6, 6.07) is 6.92. The van der Waals surface area contributed by atoms with Crippen LogP contribution in [0.3, 0.4) is 0 Å². The fourth-order valence-electron chi connectivity index (χ4n) is 6.85. The van der Waals surface area contributed by atoms with Crippen LogP contribution in [0.1, 0.15) is 98.1 Å². The van der Waals surface area contributed by atoms with E-state index in [1.807, 2.05) is 45.0 Å². The lowest BCUT2D eigenvalue weighted by Crippen LogP contribution is -2.59. The molecule has 46 heavy (non-hydrogen) atoms. The zero-order valence-electron chi connectivity index (χ0n) is 29.0. The molecule has 0 aromatic heterocycles. The van der Waals surface area contributed by atoms with Crippen LogP contribution in [0.2, 0.25) is 0 Å². The summed E-state index contributed by atoms with van der Waals surface area (Å²) in [5.41, 5.74) is 2.06. The minimum atomic E-state index is -0.644. The molecule has 1 aliphatic carbocycles. The van der Waals surface area contributed by atoms with Crippen molar-refractivity contribution in [2.45, 2.75) is 135 Å². The maximum atomic E-state index is 13.1. The minimum absolute atomic E-state index is 0.0182. The summed E-state index contributed by atoms with van der Waals surface area (Å²) in [5, 5.41) is 5.97. The van der Waals surface area contributed by atoms with Gasteiger partial charge in [0.2, 0.25) is 11.8 Å². The number of nitrogens with one attached hydrogen (secondary N) is 2. The summed E-state index contributed by atoms with van der Waals surface area (Å²) in [7, 11) is 1.71. The van der Waals surface area contributed by atoms with Gasteiger partial charge in [-0.3, -0.25) is 19.2 Å². The van der Waals surface area contributed by atoms with Crippen molar-refractivity contribution < 1.29 is 33.4 Å². The van der Waals surface area contributed by atoms with E-state index in [9.17, 15) is 19.2 Å². The van der Waals surface area contributed by atoms with Gasteiger partial charge in [0.25, 0.3) is 0 Å². The van der Waals surface area contributed by atoms with E-state index in [1.165, 1.54) is 5.57 Å². The van der Waals surface area contributed by atoms with Crippen LogP contribution in [0, 0.1) is 11.3 Å². The van der Waals surface area contributed by atoms with Crippen molar-refractivity contribution in [1.29, 1.82) is 0 Å². The highest BCUT2D eigenvalue weighted by Crippen LogP contribution is 2.59. The number of aryl methyl sites for hydroxylation is 1. The second kappa shape index (κ2) is 14.5. The normalized spacial score (nSPS) is 29.0. The molecule has 2 saturated heterocycles. The first-order valence-corrected chi connectivity index (χ1v) is 16.8. The van der Waals surface area contributed by atoms with Gasteiger partial charge in [0, 0.05) is 44.1 Å². The van der Waals surface area contributed by atoms with Crippen molar-refractivity contribution in [2.75, 3.05) is 13.7 Å². The Balaban J connectivity index is 1.23. The molecule has 7 atom stereocenters. The number of carbonyl (C=O) groups is 4. The Morgan fingerprint density at radius 1 is 1.04 bits per heavy atom. The number of methoxy groups -OCH3 is 1. The number of benzene rings is 1. The molecule has 2 aliphatic heterocycles. The van der Waals surface area contributed by atoms with E-state index in [1.54, 1.807) is 14.0 Å². The van der Waals surface area contributed by atoms with E-state index in [0.29, 0.717) is 19.4 Å². The number of hydrogen-bond donors (Lipinski definition) is 2. The molecule has 1 aromatic carbocycles. The second-order valence-electron chi connectivity index (χ2n) is 15.0. The van der Waals surface area contributed by atoms with Gasteiger partial charge in [0.15, 0.2) is 5.78 Å². The van der Waals surface area contributed by atoms with Crippen molar-refractivity contribution in [2.24, 2.45) is 11.3 Å². The lowest BCUT2D eigenvalue weighted by molar-refractivity contribution is -0.130. The highest BCUT2D eigenvalue weighted by atomic mass is 16.6. The fourth-order valence-corrected chi connectivity index (χ4v) is 6.85. The maximum absolute atomic E-state index is 13.1. The van der Waals surface area contributed by atoms with Gasteiger partial charge in [-0.2, -0.15) is 0 Å². The number of Topliss-reactive ketones (excluding diaryl/α,β-unsaturated/α-hetero) is 2. The molecule has 1 spiro atoms. The van der Waals surface area contributed by atoms with Gasteiger partial charge in [0.1, 0.15) is 11.4 Å². The molecule has 4 rings (SSSR count). The largest absolute Gasteiger partial charge is 0.379 e. The lowest BCUT2D eigenvalue weighted by Gasteiger charge is -2.43. The molecule has 1 saturated carbocycles. The van der Waals surface area contributed by atoms with E-state index < -0.39 is 11.5 Å². The van der Waals surface area contributed by atoms with Crippen molar-refractivity contribution in [3.63, 3.8) is 0 Å². The van der Waals surface area contributed by atoms with E-state index in [0.717, 1.165) is 30.4 Å². The molecule has 0 radical (unpaired) electrons. The van der Waals surface area contributed by atoms with Gasteiger partial charge in [-0.15, -0.1) is 0 Å². The highest BCUT2D eigenvalue weighted by molar-refractivity contribution is 5.92. The SMILES string of the molecule is CO[C@@H]1[C@H](NC(=O)CCc2ccc(CC(=O)[C@H](C)NC(=O)CCC(=O)C(C)(C)C)cc2)CC[C@]2(CO2)[C@H]1[C@]1(C)O[C@@H]1CC=C(C)C. The summed E-state index contributed by atoms with van der Waals surface area (Å²) in [6.07, 6.45) is 6.01. The smallest absolute Gasteiger partial charge is 0.221 e. The average Bonchev–Trinajstić information content (AvgIpc) is 3.91. The Hall–Kier alpha value is -2.88. The number of rotatable bonds is 15. The third-order valence-electron chi connectivity index (χ3n) is 9.96. The Morgan fingerprint density at radius 3 is 2.28 bits per heavy atom. The summed E-state index contributed by atoms with van der Waals surface area (Å²) in [4.78, 5) is 50.2. The number of epoxide rings is 2. The van der Waals surface area contributed by atoms with Crippen molar-refractivity contribution >= 4 is 23.4 Å². The minimum Gasteiger partial charge on any atom is -0.379 e. The third-order valence-corrected chi connectivity index (χ3v) is 9.96. The van der Waals surface area contributed by atoms with Crippen LogP contribution in [0.15, 0.2) is 35.9 Å². The Bertz CT molecular complexity index is 1310. The maximum Gasteiger partial charge on any atom is 0.221 e. The van der Waals surface area contributed by atoms with Gasteiger partial charge in [-0.05, 0) is 64.5 Å². The van der Waals surface area contributed by atoms with Gasteiger partial charge >= 0.3 is 0 Å². The molecule has 2 amide bonds. The predicted molar refractivity (Wildman–Crippen MR) is 176 cm³/mol. The summed E-state index contributed by atoms with van der Waals surface area (Å²) in [6.45, 7) is 14.2. The van der Waals surface area contributed by atoms with E-state index in [2.05, 4.69) is 37.5 Å². The zero-order valence-corrected chi connectivity index (χ0v) is 29.0. The van der Waals surface area contributed by atoms with Crippen LogP contribution < -0.4 is 10.6 Å². The van der Waals surface area contributed by atoms with Crippen LogP contribution in [0.4, 0.5) is 0 Å². The zero-order chi connectivity index (χ0) is 33.9. The van der Waals surface area contributed by atoms with Crippen molar-refractivity contribution in [3.05, 3.63) is 47.0 Å². The molecule has 1 aromatic rings. The van der Waals surface area contributed by atoms with Gasteiger partial charge in [-0.25, -0.2) is 0 Å². The molecule has 2 heterocycles. The first-order chi connectivity index (χ1) is 21.6. The molecule has 3 fully saturated rings. The molecular weight excluding hydrogens is 584 g/mol. The second-order valence-corrected chi connectivity index (χ2v) is 15.0. The Labute approximate surface area is 274 Å². The summed E-state index contributed by atoms with van der Waals surface area (Å²) < 4.78 is 18.4. The van der Waals surface area contributed by atoms with Gasteiger partial charge in [0.05, 0.1) is 36.5 Å². The van der Waals surface area contributed by atoms with Crippen LogP contribution in [0.5, 0.6) is 0 Å². The Kier molecular flexibility index (Phi) is 11.3. The molecule has 0 unspecified atom stereocenters. The predicted octanol–water partition coefficient (Wildman–Crippen LogP) is 4.82. The topological polar surface area (TPSA) is 127 Å². The number of carbonyl (C=O) groups excluding carboxylic acids is 4. The van der Waals surface area contributed by atoms with Gasteiger partial charge in [-0.1, -0.05) is 56.7 Å². The monoisotopic (exact) mass is 638 g/mol. The van der Waals surface area contributed by atoms with Crippen LogP contribution in [-0.2, 0) is 46.2 Å². The molecule has 0 bridgehead atoms. The number of ether oxygens (including phenoxy) is 3. The first kappa shape index (κ1) is 36.0. The van der Waals surface area contributed by atoms with Gasteiger partial charge < -0.3 is 24.8 Å². The number of hydrogen-bond acceptors (Lipinski definition) is 7. The molecular formula is C37H54N2O7. The highest BCUT2D eigenvalue weighted by Gasteiger charge is 2.71. The van der Waals surface area contributed by atoms with E-state index >= 15 is 0 Å². The van der Waals surface area contributed by atoms with E-state index in [4.69, 9.17) is 14.2 Å². The Morgan fingerprint density at radius 2 is 1.70 bits per heavy atom. The molecule has 3 aliphatic rings. The quantitative estimate of drug-likeness (QED) is 0.208. The first-order valence-electron chi connectivity index (χ1n) is 16.8. The van der Waals surface area contributed by atoms with Crippen LogP contribution in [0.25, 0.3) is 0 Å². The average molecular weight is 639 g/mol. The van der Waals surface area contributed by atoms with Crippen LogP contribution >= 0.6 is 0 Å². The molecule has 9 heteroatoms. The number of allylic oxidation sites excluding steroid dienone is 1. The number of ketones is 2. The van der Waals surface area contributed by atoms with Crippen LogP contribution in [-0.4, -0.2) is 72.6 Å². The summed E-state index contributed by atoms with van der Waals surface area (Å²) in [5.74, 6) is -0.359. The third kappa shape index (κ3) is 8.92. The molecule has 9 nitrogen and oxygen atoms in total. The lowest BCUT2D eigenvalue weighted by atomic mass is 9.67. The van der Waals surface area contributed by atoms with Crippen molar-refractivity contribution in [3.8, 4) is 0 Å². The van der Waals surface area contributed by atoms with Crippen molar-refractivity contribution in [1.82, 2.24) is 10.6 Å². The fraction of sp³-hybridized carbons (Fsp3) is 0.676. The number of amides is 2. The molecule has 254 valence electrons. The molecule has 2 N–H and O–H groups in total. The van der Waals surface area contributed by atoms with E-state index in [-0.39, 0.29) is 78.0 Å². The standard InChI is InChI=1S/C37H54N2O7/c1-23(2)9-16-30-36(7,46-30)34-33(44-8)27(19-20-37(34)22-45-37)39-32(43)17-14-25-10-12-26(13-11-25)21-28(40)24(3)38-31(42)18-15-29(41)35(4,5)6/h9-13,24,27,30,33-34H,14-22H2,1-8H3,(H,38,42)(H,39,43)/t24-,27+,30+,33+,34+,36+,37-/m0/s1. The summed E-state index contributed by atoms with van der Waals surface area (Å²) >= 11 is 0.